The van der Waals surface area contributed by atoms with Gasteiger partial charge in [-0.2, -0.15) is 0 Å². The van der Waals surface area contributed by atoms with Crippen molar-refractivity contribution in [2.45, 2.75) is 39.0 Å². The minimum absolute atomic E-state index is 0.0712. The first-order valence-electron chi connectivity index (χ1n) is 7.07. The summed E-state index contributed by atoms with van der Waals surface area (Å²) in [7, 11) is 0. The van der Waals surface area contributed by atoms with E-state index < -0.39 is 5.76 Å². The van der Waals surface area contributed by atoms with Crippen LogP contribution in [0.15, 0.2) is 27.4 Å². The number of aromatic nitrogens is 1. The second kappa shape index (κ2) is 6.93. The standard InChI is InChI=1S/C15H20N2O3/c1-2-3-4-9-16-14(18)8-6-11-5-7-13-12(10-11)17-15(19)20-13/h5,7,10H,2-4,6,8-9H2,1H3,(H,16,18)(H,17,19). The molecule has 0 saturated carbocycles. The van der Waals surface area contributed by atoms with Gasteiger partial charge in [-0.05, 0) is 30.5 Å². The number of unbranched alkanes of at least 4 members (excludes halogenated alkanes) is 2. The highest BCUT2D eigenvalue weighted by atomic mass is 16.4. The molecule has 108 valence electrons. The van der Waals surface area contributed by atoms with Gasteiger partial charge in [-0.15, -0.1) is 0 Å². The molecule has 0 aliphatic rings. The fraction of sp³-hybridized carbons (Fsp3) is 0.467. The molecule has 1 aromatic carbocycles. The number of H-pyrrole nitrogens is 1. The maximum atomic E-state index is 11.7. The Kier molecular flexibility index (Phi) is 4.98. The molecule has 1 amide bonds. The third kappa shape index (κ3) is 3.98. The highest BCUT2D eigenvalue weighted by Gasteiger charge is 2.05. The minimum Gasteiger partial charge on any atom is -0.408 e. The summed E-state index contributed by atoms with van der Waals surface area (Å²) in [5.74, 6) is -0.382. The lowest BCUT2D eigenvalue weighted by Gasteiger charge is -2.04. The van der Waals surface area contributed by atoms with Gasteiger partial charge < -0.3 is 9.73 Å². The predicted molar refractivity (Wildman–Crippen MR) is 77.7 cm³/mol. The summed E-state index contributed by atoms with van der Waals surface area (Å²) in [4.78, 5) is 25.3. The zero-order valence-electron chi connectivity index (χ0n) is 11.7. The number of nitrogens with one attached hydrogen (secondary N) is 2. The molecule has 20 heavy (non-hydrogen) atoms. The van der Waals surface area contributed by atoms with Gasteiger partial charge in [0.25, 0.3) is 0 Å². The van der Waals surface area contributed by atoms with Gasteiger partial charge in [-0.3, -0.25) is 9.78 Å². The topological polar surface area (TPSA) is 75.1 Å². The van der Waals surface area contributed by atoms with Crippen molar-refractivity contribution in [3.05, 3.63) is 34.3 Å². The van der Waals surface area contributed by atoms with E-state index in [0.29, 0.717) is 23.9 Å². The van der Waals surface area contributed by atoms with Crippen LogP contribution in [-0.2, 0) is 11.2 Å². The number of aromatic amines is 1. The first kappa shape index (κ1) is 14.4. The Hall–Kier alpha value is -2.04. The van der Waals surface area contributed by atoms with E-state index in [-0.39, 0.29) is 5.91 Å². The molecule has 0 aliphatic heterocycles. The summed E-state index contributed by atoms with van der Waals surface area (Å²) < 4.78 is 4.93. The highest BCUT2D eigenvalue weighted by Crippen LogP contribution is 2.13. The average Bonchev–Trinajstić information content (AvgIpc) is 2.80. The number of hydrogen-bond acceptors (Lipinski definition) is 3. The zero-order chi connectivity index (χ0) is 14.4. The Morgan fingerprint density at radius 1 is 1.35 bits per heavy atom. The number of carbonyl (C=O) groups excluding carboxylic acids is 1. The van der Waals surface area contributed by atoms with Gasteiger partial charge in [-0.25, -0.2) is 4.79 Å². The number of fused-ring (bicyclic) bond motifs is 1. The summed E-state index contributed by atoms with van der Waals surface area (Å²) in [5, 5.41) is 2.91. The molecule has 1 heterocycles. The second-order valence-electron chi connectivity index (χ2n) is 4.90. The van der Waals surface area contributed by atoms with E-state index in [1.807, 2.05) is 12.1 Å². The smallest absolute Gasteiger partial charge is 0.408 e. The third-order valence-electron chi connectivity index (χ3n) is 3.23. The average molecular weight is 276 g/mol. The van der Waals surface area contributed by atoms with Crippen LogP contribution in [0.5, 0.6) is 0 Å². The highest BCUT2D eigenvalue weighted by molar-refractivity contribution is 5.77. The molecule has 2 N–H and O–H groups in total. The van der Waals surface area contributed by atoms with E-state index in [1.54, 1.807) is 6.07 Å². The Bertz CT molecular complexity index is 627. The van der Waals surface area contributed by atoms with Crippen LogP contribution in [0.1, 0.15) is 38.2 Å². The quantitative estimate of drug-likeness (QED) is 0.762. The number of benzene rings is 1. The summed E-state index contributed by atoms with van der Waals surface area (Å²) in [6.07, 6.45) is 4.44. The molecule has 0 spiro atoms. The van der Waals surface area contributed by atoms with Gasteiger partial charge in [0.2, 0.25) is 5.91 Å². The van der Waals surface area contributed by atoms with E-state index in [4.69, 9.17) is 4.42 Å². The molecule has 2 aromatic rings. The van der Waals surface area contributed by atoms with Crippen LogP contribution in [-0.4, -0.2) is 17.4 Å². The molecular weight excluding hydrogens is 256 g/mol. The maximum absolute atomic E-state index is 11.7. The van der Waals surface area contributed by atoms with Crippen molar-refractivity contribution in [3.63, 3.8) is 0 Å². The molecule has 5 nitrogen and oxygen atoms in total. The molecule has 5 heteroatoms. The van der Waals surface area contributed by atoms with Gasteiger partial charge in [0, 0.05) is 13.0 Å². The van der Waals surface area contributed by atoms with Gasteiger partial charge in [0.15, 0.2) is 5.58 Å². The summed E-state index contributed by atoms with van der Waals surface area (Å²) in [6.45, 7) is 2.89. The predicted octanol–water partition coefficient (Wildman–Crippen LogP) is 2.36. The second-order valence-corrected chi connectivity index (χ2v) is 4.90. The Morgan fingerprint density at radius 2 is 2.20 bits per heavy atom. The summed E-state index contributed by atoms with van der Waals surface area (Å²) >= 11 is 0. The Morgan fingerprint density at radius 3 is 3.00 bits per heavy atom. The Labute approximate surface area is 117 Å². The van der Waals surface area contributed by atoms with Crippen LogP contribution in [0.3, 0.4) is 0 Å². The zero-order valence-corrected chi connectivity index (χ0v) is 11.7. The molecule has 0 fully saturated rings. The monoisotopic (exact) mass is 276 g/mol. The van der Waals surface area contributed by atoms with Crippen molar-refractivity contribution in [1.29, 1.82) is 0 Å². The molecule has 0 aliphatic carbocycles. The molecular formula is C15H20N2O3. The first-order chi connectivity index (χ1) is 9.69. The largest absolute Gasteiger partial charge is 0.417 e. The fourth-order valence-corrected chi connectivity index (χ4v) is 2.10. The molecule has 0 saturated heterocycles. The molecule has 0 radical (unpaired) electrons. The van der Waals surface area contributed by atoms with Gasteiger partial charge in [0.05, 0.1) is 5.52 Å². The minimum atomic E-state index is -0.453. The summed E-state index contributed by atoms with van der Waals surface area (Å²) in [5.41, 5.74) is 2.23. The molecule has 0 atom stereocenters. The van der Waals surface area contributed by atoms with Crippen molar-refractivity contribution in [2.24, 2.45) is 0 Å². The molecule has 2 rings (SSSR count). The molecule has 0 bridgehead atoms. The van der Waals surface area contributed by atoms with E-state index in [9.17, 15) is 9.59 Å². The van der Waals surface area contributed by atoms with Crippen LogP contribution in [0, 0.1) is 0 Å². The van der Waals surface area contributed by atoms with Crippen molar-refractivity contribution < 1.29 is 9.21 Å². The van der Waals surface area contributed by atoms with Crippen LogP contribution in [0.2, 0.25) is 0 Å². The molecule has 1 aromatic heterocycles. The lowest BCUT2D eigenvalue weighted by Crippen LogP contribution is -2.24. The fourth-order valence-electron chi connectivity index (χ4n) is 2.10. The van der Waals surface area contributed by atoms with Crippen LogP contribution < -0.4 is 11.1 Å². The van der Waals surface area contributed by atoms with E-state index in [0.717, 1.165) is 31.4 Å². The van der Waals surface area contributed by atoms with E-state index in [1.165, 1.54) is 0 Å². The Balaban J connectivity index is 1.82. The number of aryl methyl sites for hydroxylation is 1. The number of rotatable bonds is 7. The van der Waals surface area contributed by atoms with Crippen molar-refractivity contribution in [2.75, 3.05) is 6.54 Å². The van der Waals surface area contributed by atoms with Crippen molar-refractivity contribution in [3.8, 4) is 0 Å². The maximum Gasteiger partial charge on any atom is 0.417 e. The van der Waals surface area contributed by atoms with Crippen molar-refractivity contribution in [1.82, 2.24) is 10.3 Å². The van der Waals surface area contributed by atoms with Gasteiger partial charge >= 0.3 is 5.76 Å². The van der Waals surface area contributed by atoms with E-state index in [2.05, 4.69) is 17.2 Å². The lowest BCUT2D eigenvalue weighted by atomic mass is 10.1. The summed E-state index contributed by atoms with van der Waals surface area (Å²) in [6, 6.07) is 5.48. The lowest BCUT2D eigenvalue weighted by molar-refractivity contribution is -0.121. The number of carbonyl (C=O) groups is 1. The van der Waals surface area contributed by atoms with Gasteiger partial charge in [0.1, 0.15) is 0 Å². The van der Waals surface area contributed by atoms with Crippen LogP contribution >= 0.6 is 0 Å². The van der Waals surface area contributed by atoms with Gasteiger partial charge in [-0.1, -0.05) is 25.8 Å². The van der Waals surface area contributed by atoms with E-state index >= 15 is 0 Å². The normalized spacial score (nSPS) is 10.8. The van der Waals surface area contributed by atoms with Crippen molar-refractivity contribution >= 4 is 17.0 Å². The first-order valence-corrected chi connectivity index (χ1v) is 7.07. The molecule has 0 unspecified atom stereocenters. The SMILES string of the molecule is CCCCCNC(=O)CCc1ccc2oc(=O)[nH]c2c1. The van der Waals surface area contributed by atoms with Crippen LogP contribution in [0.25, 0.3) is 11.1 Å². The number of oxazole rings is 1. The van der Waals surface area contributed by atoms with Crippen LogP contribution in [0.4, 0.5) is 0 Å². The number of amides is 1. The third-order valence-corrected chi connectivity index (χ3v) is 3.23. The number of hydrogen-bond donors (Lipinski definition) is 2.